The predicted octanol–water partition coefficient (Wildman–Crippen LogP) is 6.00. The van der Waals surface area contributed by atoms with Gasteiger partial charge in [0.05, 0.1) is 32.3 Å². The second kappa shape index (κ2) is 11.4. The normalized spacial score (nSPS) is 28.6. The molecule has 5 atom stereocenters. The van der Waals surface area contributed by atoms with E-state index in [1.54, 1.807) is 19.6 Å². The summed E-state index contributed by atoms with van der Waals surface area (Å²) in [5.74, 6) is 3.23. The largest absolute Gasteiger partial charge is 0.493 e. The van der Waals surface area contributed by atoms with Gasteiger partial charge in [-0.15, -0.1) is 0 Å². The SMILES string of the molecule is CC.COc1ccc2c3c1O[C@@H](C(C)OC)C31CCN(CC3CC3)C(C2)C1CCCOCc1ccoc1. The molecule has 2 aliphatic heterocycles. The van der Waals surface area contributed by atoms with E-state index in [1.165, 1.54) is 30.5 Å². The Balaban J connectivity index is 0.00000137. The molecule has 1 spiro atoms. The molecule has 1 saturated heterocycles. The van der Waals surface area contributed by atoms with Crippen LogP contribution in [0.2, 0.25) is 0 Å². The molecule has 1 aromatic heterocycles. The molecule has 2 aliphatic carbocycles. The van der Waals surface area contributed by atoms with Crippen molar-refractivity contribution in [3.63, 3.8) is 0 Å². The highest BCUT2D eigenvalue weighted by Crippen LogP contribution is 2.62. The minimum atomic E-state index is -0.0395. The minimum absolute atomic E-state index is 0.000253. The molecule has 2 bridgehead atoms. The van der Waals surface area contributed by atoms with E-state index in [2.05, 4.69) is 24.0 Å². The lowest BCUT2D eigenvalue weighted by Crippen LogP contribution is -2.64. The number of methoxy groups -OCH3 is 2. The first-order valence-corrected chi connectivity index (χ1v) is 14.4. The van der Waals surface area contributed by atoms with Crippen LogP contribution in [0.15, 0.2) is 35.1 Å². The first kappa shape index (κ1) is 26.6. The maximum absolute atomic E-state index is 6.81. The Morgan fingerprint density at radius 1 is 1.16 bits per heavy atom. The summed E-state index contributed by atoms with van der Waals surface area (Å²) in [6.07, 6.45) is 10.6. The Labute approximate surface area is 222 Å². The van der Waals surface area contributed by atoms with Crippen LogP contribution in [-0.4, -0.2) is 57.1 Å². The van der Waals surface area contributed by atoms with Gasteiger partial charge in [0.15, 0.2) is 11.5 Å². The predicted molar refractivity (Wildman–Crippen MR) is 144 cm³/mol. The number of ether oxygens (including phenoxy) is 4. The van der Waals surface area contributed by atoms with E-state index in [9.17, 15) is 0 Å². The van der Waals surface area contributed by atoms with Gasteiger partial charge in [-0.3, -0.25) is 4.90 Å². The van der Waals surface area contributed by atoms with Crippen molar-refractivity contribution in [1.82, 2.24) is 4.90 Å². The van der Waals surface area contributed by atoms with Crippen molar-refractivity contribution in [2.45, 2.75) is 89.6 Å². The number of furan rings is 1. The first-order chi connectivity index (χ1) is 18.2. The molecule has 2 aromatic rings. The fraction of sp³-hybridized carbons (Fsp3) is 0.677. The van der Waals surface area contributed by atoms with Crippen LogP contribution in [0.5, 0.6) is 11.5 Å². The average molecular weight is 512 g/mol. The highest BCUT2D eigenvalue weighted by atomic mass is 16.6. The fourth-order valence-electron chi connectivity index (χ4n) is 7.29. The Bertz CT molecular complexity index is 1020. The number of nitrogens with zero attached hydrogens (tertiary/aromatic N) is 1. The third-order valence-electron chi connectivity index (χ3n) is 9.12. The maximum Gasteiger partial charge on any atom is 0.165 e. The molecule has 0 amide bonds. The average Bonchev–Trinajstić information content (AvgIpc) is 3.46. The third kappa shape index (κ3) is 4.81. The second-order valence-electron chi connectivity index (χ2n) is 11.0. The van der Waals surface area contributed by atoms with E-state index < -0.39 is 0 Å². The summed E-state index contributed by atoms with van der Waals surface area (Å²) < 4.78 is 29.7. The van der Waals surface area contributed by atoms with Gasteiger partial charge >= 0.3 is 0 Å². The maximum atomic E-state index is 6.81. The van der Waals surface area contributed by atoms with Gasteiger partial charge in [0.1, 0.15) is 6.10 Å². The Kier molecular flexibility index (Phi) is 8.18. The van der Waals surface area contributed by atoms with Crippen molar-refractivity contribution in [3.8, 4) is 11.5 Å². The van der Waals surface area contributed by atoms with Gasteiger partial charge < -0.3 is 23.4 Å². The highest BCUT2D eigenvalue weighted by molar-refractivity contribution is 5.60. The summed E-state index contributed by atoms with van der Waals surface area (Å²) in [5, 5.41) is 0. The van der Waals surface area contributed by atoms with Crippen LogP contribution in [0.3, 0.4) is 0 Å². The molecule has 2 fully saturated rings. The molecule has 6 nitrogen and oxygen atoms in total. The van der Waals surface area contributed by atoms with Crippen molar-refractivity contribution in [1.29, 1.82) is 0 Å². The molecular weight excluding hydrogens is 466 g/mol. The lowest BCUT2D eigenvalue weighted by molar-refractivity contribution is -0.0796. The molecule has 1 aromatic carbocycles. The lowest BCUT2D eigenvalue weighted by Gasteiger charge is -2.57. The molecule has 4 unspecified atom stereocenters. The van der Waals surface area contributed by atoms with Gasteiger partial charge in [-0.1, -0.05) is 19.9 Å². The fourth-order valence-corrected chi connectivity index (χ4v) is 7.29. The monoisotopic (exact) mass is 511 g/mol. The first-order valence-electron chi connectivity index (χ1n) is 14.4. The van der Waals surface area contributed by atoms with Crippen molar-refractivity contribution in [2.24, 2.45) is 11.8 Å². The van der Waals surface area contributed by atoms with E-state index >= 15 is 0 Å². The molecule has 4 aliphatic rings. The number of hydrogen-bond donors (Lipinski definition) is 0. The summed E-state index contributed by atoms with van der Waals surface area (Å²) in [4.78, 5) is 2.82. The Morgan fingerprint density at radius 3 is 2.70 bits per heavy atom. The number of fused-ring (bicyclic) bond motifs is 1. The van der Waals surface area contributed by atoms with Gasteiger partial charge in [-0.2, -0.15) is 0 Å². The van der Waals surface area contributed by atoms with Crippen LogP contribution < -0.4 is 9.47 Å². The third-order valence-corrected chi connectivity index (χ3v) is 9.12. The Hall–Kier alpha value is -2.02. The van der Waals surface area contributed by atoms with Crippen LogP contribution in [0.25, 0.3) is 0 Å². The van der Waals surface area contributed by atoms with Gasteiger partial charge in [-0.05, 0) is 81.5 Å². The van der Waals surface area contributed by atoms with E-state index in [1.807, 2.05) is 27.0 Å². The zero-order valence-corrected chi connectivity index (χ0v) is 23.3. The molecule has 204 valence electrons. The summed E-state index contributed by atoms with van der Waals surface area (Å²) in [7, 11) is 3.56. The van der Waals surface area contributed by atoms with Gasteiger partial charge in [-0.25, -0.2) is 0 Å². The van der Waals surface area contributed by atoms with E-state index in [4.69, 9.17) is 23.4 Å². The van der Waals surface area contributed by atoms with Gasteiger partial charge in [0, 0.05) is 42.8 Å². The number of rotatable bonds is 11. The van der Waals surface area contributed by atoms with Crippen LogP contribution in [0, 0.1) is 11.8 Å². The van der Waals surface area contributed by atoms with Crippen molar-refractivity contribution >= 4 is 0 Å². The topological polar surface area (TPSA) is 53.3 Å². The van der Waals surface area contributed by atoms with Crippen LogP contribution >= 0.6 is 0 Å². The number of benzene rings is 1. The van der Waals surface area contributed by atoms with Gasteiger partial charge in [0.25, 0.3) is 0 Å². The zero-order chi connectivity index (χ0) is 26.0. The standard InChI is InChI=1S/C29H39NO5.C2H6/c1-19(31-2)28-29-11-12-30(16-20-6-7-20)24(15-22-8-9-25(32-3)27(35-28)26(22)29)23(29)5-4-13-33-17-21-10-14-34-18-21;1-2/h8-10,14,18-20,23-24,28H,4-7,11-13,15-17H2,1-3H3;1-2H3/t19?,23?,24?,28-,29?;/m0./s1. The zero-order valence-electron chi connectivity index (χ0n) is 23.3. The molecular formula is C31H45NO5. The van der Waals surface area contributed by atoms with E-state index in [-0.39, 0.29) is 17.6 Å². The molecule has 3 heterocycles. The van der Waals surface area contributed by atoms with Gasteiger partial charge in [0.2, 0.25) is 0 Å². The Morgan fingerprint density at radius 2 is 2.00 bits per heavy atom. The number of likely N-dealkylation sites (tertiary alicyclic amines) is 1. The summed E-state index contributed by atoms with van der Waals surface area (Å²) in [5.41, 5.74) is 3.92. The quantitative estimate of drug-likeness (QED) is 0.345. The summed E-state index contributed by atoms with van der Waals surface area (Å²) in [6, 6.07) is 6.92. The molecule has 0 radical (unpaired) electrons. The number of hydrogen-bond acceptors (Lipinski definition) is 6. The van der Waals surface area contributed by atoms with Crippen LogP contribution in [0.1, 0.15) is 69.6 Å². The van der Waals surface area contributed by atoms with Crippen molar-refractivity contribution in [3.05, 3.63) is 47.4 Å². The summed E-state index contributed by atoms with van der Waals surface area (Å²) >= 11 is 0. The highest BCUT2D eigenvalue weighted by Gasteiger charge is 2.63. The smallest absolute Gasteiger partial charge is 0.165 e. The van der Waals surface area contributed by atoms with Crippen LogP contribution in [0.4, 0.5) is 0 Å². The number of piperidine rings is 1. The summed E-state index contributed by atoms with van der Waals surface area (Å²) in [6.45, 7) is 9.93. The molecule has 6 heteroatoms. The lowest BCUT2D eigenvalue weighted by atomic mass is 9.54. The molecule has 6 rings (SSSR count). The second-order valence-corrected chi connectivity index (χ2v) is 11.0. The van der Waals surface area contributed by atoms with E-state index in [0.717, 1.165) is 61.8 Å². The van der Waals surface area contributed by atoms with Crippen LogP contribution in [-0.2, 0) is 27.9 Å². The van der Waals surface area contributed by atoms with Crippen molar-refractivity contribution < 1.29 is 23.4 Å². The molecule has 0 N–H and O–H groups in total. The molecule has 37 heavy (non-hydrogen) atoms. The minimum Gasteiger partial charge on any atom is -0.493 e. The van der Waals surface area contributed by atoms with E-state index in [0.29, 0.717) is 18.6 Å². The van der Waals surface area contributed by atoms with Crippen molar-refractivity contribution in [2.75, 3.05) is 33.9 Å². The molecule has 1 saturated carbocycles.